The van der Waals surface area contributed by atoms with Crippen LogP contribution in [0.25, 0.3) is 0 Å². The Labute approximate surface area is 72.2 Å². The topological polar surface area (TPSA) is 26.0 Å². The summed E-state index contributed by atoms with van der Waals surface area (Å²) in [5.74, 6) is -6.37. The summed E-state index contributed by atoms with van der Waals surface area (Å²) in [5, 5.41) is 0. The van der Waals surface area contributed by atoms with Gasteiger partial charge in [-0.15, -0.1) is 0 Å². The highest BCUT2D eigenvalue weighted by Gasteiger charge is 2.33. The molecule has 0 saturated heterocycles. The molecule has 1 rings (SSSR count). The van der Waals surface area contributed by atoms with Crippen LogP contribution < -0.4 is 5.73 Å². The summed E-state index contributed by atoms with van der Waals surface area (Å²) < 4.78 is 50.9. The van der Waals surface area contributed by atoms with Gasteiger partial charge in [-0.3, -0.25) is 0 Å². The van der Waals surface area contributed by atoms with Gasteiger partial charge in [-0.2, -0.15) is 8.78 Å². The molecule has 1 aromatic rings. The molecule has 0 aliphatic heterocycles. The zero-order valence-electron chi connectivity index (χ0n) is 6.53. The minimum atomic E-state index is -3.52. The molecule has 0 saturated carbocycles. The van der Waals surface area contributed by atoms with E-state index in [0.717, 1.165) is 18.2 Å². The van der Waals surface area contributed by atoms with Crippen molar-refractivity contribution < 1.29 is 17.6 Å². The first-order chi connectivity index (χ1) is 5.99. The number of rotatable bonds is 2. The molecule has 1 nitrogen and oxygen atoms in total. The lowest BCUT2D eigenvalue weighted by molar-refractivity contribution is 0.00174. The molecule has 0 amide bonds. The minimum Gasteiger partial charge on any atom is -0.325 e. The van der Waals surface area contributed by atoms with E-state index in [4.69, 9.17) is 5.73 Å². The van der Waals surface area contributed by atoms with Gasteiger partial charge < -0.3 is 5.73 Å². The van der Waals surface area contributed by atoms with Crippen LogP contribution >= 0.6 is 0 Å². The highest BCUT2D eigenvalue weighted by atomic mass is 19.3. The van der Waals surface area contributed by atoms with Crippen LogP contribution in [-0.4, -0.2) is 6.54 Å². The number of hydrogen-bond donors (Lipinski definition) is 1. The van der Waals surface area contributed by atoms with Crippen LogP contribution in [0.4, 0.5) is 17.6 Å². The minimum absolute atomic E-state index is 0.769. The highest BCUT2D eigenvalue weighted by Crippen LogP contribution is 2.29. The fourth-order valence-corrected chi connectivity index (χ4v) is 0.896. The Morgan fingerprint density at radius 1 is 1.23 bits per heavy atom. The van der Waals surface area contributed by atoms with Crippen LogP contribution in [0.3, 0.4) is 0 Å². The van der Waals surface area contributed by atoms with Gasteiger partial charge in [0.15, 0.2) is 11.6 Å². The second kappa shape index (κ2) is 3.33. The maximum Gasteiger partial charge on any atom is 0.288 e. The van der Waals surface area contributed by atoms with Crippen molar-refractivity contribution in [3.05, 3.63) is 35.4 Å². The summed E-state index contributed by atoms with van der Waals surface area (Å²) in [7, 11) is 0. The van der Waals surface area contributed by atoms with Crippen LogP contribution in [0.1, 0.15) is 5.56 Å². The third kappa shape index (κ3) is 1.80. The molecule has 0 aliphatic carbocycles. The molecule has 0 heterocycles. The summed E-state index contributed by atoms with van der Waals surface area (Å²) in [5.41, 5.74) is 3.71. The predicted molar refractivity (Wildman–Crippen MR) is 39.3 cm³/mol. The van der Waals surface area contributed by atoms with E-state index >= 15 is 0 Å². The number of nitrogens with two attached hydrogens (primary N) is 1. The first kappa shape index (κ1) is 9.98. The highest BCUT2D eigenvalue weighted by molar-refractivity contribution is 5.23. The van der Waals surface area contributed by atoms with Crippen LogP contribution in [0, 0.1) is 11.6 Å². The number of halogens is 4. The molecule has 5 heteroatoms. The average molecular weight is 193 g/mol. The van der Waals surface area contributed by atoms with Crippen LogP contribution in [0.5, 0.6) is 0 Å². The first-order valence-corrected chi connectivity index (χ1v) is 3.51. The SMILES string of the molecule is NCC(F)(F)c1cccc(F)c1F. The van der Waals surface area contributed by atoms with E-state index in [-0.39, 0.29) is 0 Å². The van der Waals surface area contributed by atoms with Gasteiger partial charge in [-0.1, -0.05) is 6.07 Å². The molecule has 0 spiro atoms. The molecule has 0 aromatic heterocycles. The monoisotopic (exact) mass is 193 g/mol. The van der Waals surface area contributed by atoms with Gasteiger partial charge in [0.05, 0.1) is 12.1 Å². The van der Waals surface area contributed by atoms with E-state index < -0.39 is 29.7 Å². The van der Waals surface area contributed by atoms with Crippen molar-refractivity contribution in [2.75, 3.05) is 6.54 Å². The summed E-state index contributed by atoms with van der Waals surface area (Å²) in [6, 6.07) is 2.59. The molecule has 13 heavy (non-hydrogen) atoms. The molecule has 0 fully saturated rings. The zero-order valence-corrected chi connectivity index (χ0v) is 6.53. The van der Waals surface area contributed by atoms with Crippen LogP contribution in [-0.2, 0) is 5.92 Å². The number of hydrogen-bond acceptors (Lipinski definition) is 1. The van der Waals surface area contributed by atoms with Crippen LogP contribution in [0.15, 0.2) is 18.2 Å². The van der Waals surface area contributed by atoms with Crippen molar-refractivity contribution in [3.8, 4) is 0 Å². The first-order valence-electron chi connectivity index (χ1n) is 3.51. The maximum absolute atomic E-state index is 12.8. The summed E-state index contributed by atoms with van der Waals surface area (Å²) in [6.45, 7) is -1.05. The fourth-order valence-electron chi connectivity index (χ4n) is 0.896. The van der Waals surface area contributed by atoms with Gasteiger partial charge in [0.1, 0.15) is 0 Å². The Morgan fingerprint density at radius 2 is 1.85 bits per heavy atom. The van der Waals surface area contributed by atoms with Crippen molar-refractivity contribution in [1.29, 1.82) is 0 Å². The van der Waals surface area contributed by atoms with E-state index in [9.17, 15) is 17.6 Å². The Balaban J connectivity index is 3.22. The predicted octanol–water partition coefficient (Wildman–Crippen LogP) is 2.02. The lowest BCUT2D eigenvalue weighted by Gasteiger charge is -2.14. The fraction of sp³-hybridized carbons (Fsp3) is 0.250. The Hall–Kier alpha value is -1.10. The lowest BCUT2D eigenvalue weighted by atomic mass is 10.1. The smallest absolute Gasteiger partial charge is 0.288 e. The number of alkyl halides is 2. The van der Waals surface area contributed by atoms with Gasteiger partial charge in [0.25, 0.3) is 5.92 Å². The average Bonchev–Trinajstić information content (AvgIpc) is 2.09. The molecular weight excluding hydrogens is 186 g/mol. The van der Waals surface area contributed by atoms with Crippen molar-refractivity contribution >= 4 is 0 Å². The molecule has 0 atom stereocenters. The van der Waals surface area contributed by atoms with E-state index in [0.29, 0.717) is 0 Å². The molecule has 72 valence electrons. The van der Waals surface area contributed by atoms with Crippen molar-refractivity contribution in [2.24, 2.45) is 5.73 Å². The zero-order chi connectivity index (χ0) is 10.1. The van der Waals surface area contributed by atoms with Crippen molar-refractivity contribution in [1.82, 2.24) is 0 Å². The third-order valence-electron chi connectivity index (χ3n) is 1.60. The largest absolute Gasteiger partial charge is 0.325 e. The standard InChI is InChI=1S/C8H7F4N/c9-6-3-1-2-5(7(6)10)8(11,12)4-13/h1-3H,4,13H2. The van der Waals surface area contributed by atoms with E-state index in [1.807, 2.05) is 0 Å². The Kier molecular flexibility index (Phi) is 2.56. The van der Waals surface area contributed by atoms with Crippen LogP contribution in [0.2, 0.25) is 0 Å². The summed E-state index contributed by atoms with van der Waals surface area (Å²) in [6.07, 6.45) is 0. The van der Waals surface area contributed by atoms with Gasteiger partial charge in [-0.25, -0.2) is 8.78 Å². The van der Waals surface area contributed by atoms with Gasteiger partial charge in [0, 0.05) is 0 Å². The van der Waals surface area contributed by atoms with Crippen molar-refractivity contribution in [3.63, 3.8) is 0 Å². The van der Waals surface area contributed by atoms with Gasteiger partial charge >= 0.3 is 0 Å². The molecule has 0 aliphatic rings. The van der Waals surface area contributed by atoms with E-state index in [1.165, 1.54) is 0 Å². The Bertz CT molecular complexity index is 311. The maximum atomic E-state index is 12.8. The van der Waals surface area contributed by atoms with Gasteiger partial charge in [-0.05, 0) is 12.1 Å². The molecule has 0 radical (unpaired) electrons. The second-order valence-corrected chi connectivity index (χ2v) is 2.51. The van der Waals surface area contributed by atoms with E-state index in [2.05, 4.69) is 0 Å². The Morgan fingerprint density at radius 3 is 2.38 bits per heavy atom. The summed E-state index contributed by atoms with van der Waals surface area (Å²) >= 11 is 0. The third-order valence-corrected chi connectivity index (χ3v) is 1.60. The molecule has 1 aromatic carbocycles. The van der Waals surface area contributed by atoms with Gasteiger partial charge in [0.2, 0.25) is 0 Å². The van der Waals surface area contributed by atoms with E-state index in [1.54, 1.807) is 0 Å². The molecule has 2 N–H and O–H groups in total. The normalized spacial score (nSPS) is 11.8. The van der Waals surface area contributed by atoms with Crippen molar-refractivity contribution in [2.45, 2.75) is 5.92 Å². The lowest BCUT2D eigenvalue weighted by Crippen LogP contribution is -2.26. The number of benzene rings is 1. The summed E-state index contributed by atoms with van der Waals surface area (Å²) in [4.78, 5) is 0. The second-order valence-electron chi connectivity index (χ2n) is 2.51. The molecular formula is C8H7F4N. The quantitative estimate of drug-likeness (QED) is 0.714. The molecule has 0 unspecified atom stereocenters. The molecule has 0 bridgehead atoms.